The quantitative estimate of drug-likeness (QED) is 0.362. The molecule has 9 atom stereocenters. The molecule has 4 aliphatic rings. The Bertz CT molecular complexity index is 877. The molecule has 4 fully saturated rings. The van der Waals surface area contributed by atoms with Crippen LogP contribution >= 0.6 is 0 Å². The van der Waals surface area contributed by atoms with E-state index in [9.17, 15) is 9.59 Å². The Morgan fingerprint density at radius 2 is 1.53 bits per heavy atom. The maximum atomic E-state index is 13.0. The van der Waals surface area contributed by atoms with Crippen LogP contribution < -0.4 is 0 Å². The number of hydrogen-bond acceptors (Lipinski definition) is 4. The number of carbonyl (C=O) groups is 2. The second-order valence-corrected chi connectivity index (χ2v) is 15.3. The molecule has 0 aliphatic heterocycles. The number of rotatable bonds is 5. The minimum atomic E-state index is -0.643. The Morgan fingerprint density at radius 3 is 2.11 bits per heavy atom. The molecule has 4 aliphatic carbocycles. The first-order valence-electron chi connectivity index (χ1n) is 14.8. The van der Waals surface area contributed by atoms with Gasteiger partial charge in [-0.2, -0.15) is 0 Å². The average molecular weight is 503 g/mol. The van der Waals surface area contributed by atoms with Gasteiger partial charge in [-0.3, -0.25) is 9.59 Å². The average Bonchev–Trinajstić information content (AvgIpc) is 3.16. The number of carbonyl (C=O) groups excluding carboxylic acids is 2. The van der Waals surface area contributed by atoms with E-state index >= 15 is 0 Å². The summed E-state index contributed by atoms with van der Waals surface area (Å²) in [7, 11) is 2.99. The summed E-state index contributed by atoms with van der Waals surface area (Å²) in [5.41, 5.74) is -0.0561. The van der Waals surface area contributed by atoms with Crippen LogP contribution in [0.25, 0.3) is 0 Å². The first-order chi connectivity index (χ1) is 16.6. The Hall–Kier alpha value is -1.06. The Kier molecular flexibility index (Phi) is 7.00. The molecule has 4 heteroatoms. The SMILES string of the molecule is COC(=O)C[C@@]1(C)[C@H](C(C)(C)C(=O)OC)CC[C@]2(C)[C@H]1CC[C@@H]1[C@H]3[C@H](C(C)C)CC[C@]3(C)CC[C@]12C. The van der Waals surface area contributed by atoms with Gasteiger partial charge in [0.25, 0.3) is 0 Å². The Balaban J connectivity index is 1.78. The van der Waals surface area contributed by atoms with Crippen molar-refractivity contribution >= 4 is 11.9 Å². The van der Waals surface area contributed by atoms with Gasteiger partial charge in [-0.25, -0.2) is 0 Å². The minimum absolute atomic E-state index is 0.0820. The summed E-state index contributed by atoms with van der Waals surface area (Å²) >= 11 is 0. The zero-order chi connectivity index (χ0) is 26.9. The largest absolute Gasteiger partial charge is 0.469 e. The molecule has 0 unspecified atom stereocenters. The highest BCUT2D eigenvalue weighted by atomic mass is 16.5. The molecule has 36 heavy (non-hydrogen) atoms. The fourth-order valence-corrected chi connectivity index (χ4v) is 11.3. The van der Waals surface area contributed by atoms with Crippen LogP contribution in [0.4, 0.5) is 0 Å². The van der Waals surface area contributed by atoms with E-state index in [0.29, 0.717) is 17.8 Å². The second-order valence-electron chi connectivity index (χ2n) is 15.3. The number of ether oxygens (including phenoxy) is 2. The molecule has 4 saturated carbocycles. The van der Waals surface area contributed by atoms with Crippen molar-refractivity contribution in [3.63, 3.8) is 0 Å². The molecule has 0 bridgehead atoms. The van der Waals surface area contributed by atoms with E-state index in [-0.39, 0.29) is 34.1 Å². The summed E-state index contributed by atoms with van der Waals surface area (Å²) in [6.07, 6.45) is 10.3. The molecule has 0 saturated heterocycles. The third-order valence-corrected chi connectivity index (χ3v) is 13.4. The summed E-state index contributed by atoms with van der Waals surface area (Å²) in [6.45, 7) is 19.1. The smallest absolute Gasteiger partial charge is 0.311 e. The molecule has 0 amide bonds. The fourth-order valence-electron chi connectivity index (χ4n) is 11.3. The van der Waals surface area contributed by atoms with Gasteiger partial charge in [-0.1, -0.05) is 41.5 Å². The van der Waals surface area contributed by atoms with Crippen molar-refractivity contribution in [2.24, 2.45) is 62.6 Å². The van der Waals surface area contributed by atoms with Crippen molar-refractivity contribution < 1.29 is 19.1 Å². The van der Waals surface area contributed by atoms with Crippen LogP contribution in [0.2, 0.25) is 0 Å². The van der Waals surface area contributed by atoms with E-state index < -0.39 is 5.41 Å². The number of esters is 2. The maximum Gasteiger partial charge on any atom is 0.311 e. The zero-order valence-corrected chi connectivity index (χ0v) is 25.0. The van der Waals surface area contributed by atoms with Crippen LogP contribution in [-0.4, -0.2) is 26.2 Å². The van der Waals surface area contributed by atoms with Crippen molar-refractivity contribution in [2.45, 2.75) is 113 Å². The standard InChI is InChI=1S/C32H54O4/c1-20(2)21-13-15-29(5)17-18-31(7)22(26(21)29)11-12-24-30(6,19-25(33)35-9)23(14-16-32(24,31)8)28(3,4)27(34)36-10/h20-24,26H,11-19H2,1-10H3/t21-,22+,23-,24-,26+,29+,30-,31+,32+/m0/s1. The lowest BCUT2D eigenvalue weighted by Gasteiger charge is -2.71. The second kappa shape index (κ2) is 9.01. The van der Waals surface area contributed by atoms with Crippen molar-refractivity contribution in [1.29, 1.82) is 0 Å². The summed E-state index contributed by atoms with van der Waals surface area (Å²) in [5, 5.41) is 0. The van der Waals surface area contributed by atoms with Crippen molar-refractivity contribution in [3.8, 4) is 0 Å². The fraction of sp³-hybridized carbons (Fsp3) is 0.938. The van der Waals surface area contributed by atoms with Crippen molar-refractivity contribution in [3.05, 3.63) is 0 Å². The van der Waals surface area contributed by atoms with E-state index in [1.54, 1.807) is 0 Å². The highest BCUT2D eigenvalue weighted by molar-refractivity contribution is 5.77. The highest BCUT2D eigenvalue weighted by Gasteiger charge is 2.70. The van der Waals surface area contributed by atoms with Gasteiger partial charge in [0.15, 0.2) is 0 Å². The predicted molar refractivity (Wildman–Crippen MR) is 144 cm³/mol. The molecule has 0 aromatic rings. The third-order valence-electron chi connectivity index (χ3n) is 13.4. The molecule has 206 valence electrons. The predicted octanol–water partition coefficient (Wildman–Crippen LogP) is 7.69. The van der Waals surface area contributed by atoms with Gasteiger partial charge in [0, 0.05) is 0 Å². The van der Waals surface area contributed by atoms with Gasteiger partial charge >= 0.3 is 11.9 Å². The summed E-state index contributed by atoms with van der Waals surface area (Å²) in [5.74, 6) is 3.29. The summed E-state index contributed by atoms with van der Waals surface area (Å²) in [6, 6.07) is 0. The van der Waals surface area contributed by atoms with Crippen LogP contribution in [0, 0.1) is 62.6 Å². The number of fused-ring (bicyclic) bond motifs is 5. The molecule has 0 heterocycles. The molecular weight excluding hydrogens is 448 g/mol. The lowest BCUT2D eigenvalue weighted by Crippen LogP contribution is -2.65. The molecule has 0 aromatic carbocycles. The summed E-state index contributed by atoms with van der Waals surface area (Å²) < 4.78 is 10.6. The van der Waals surface area contributed by atoms with Crippen LogP contribution in [-0.2, 0) is 19.1 Å². The van der Waals surface area contributed by atoms with Gasteiger partial charge in [-0.05, 0) is 122 Å². The maximum absolute atomic E-state index is 13.0. The van der Waals surface area contributed by atoms with Crippen molar-refractivity contribution in [2.75, 3.05) is 14.2 Å². The van der Waals surface area contributed by atoms with Gasteiger partial charge in [0.1, 0.15) is 0 Å². The minimum Gasteiger partial charge on any atom is -0.469 e. The van der Waals surface area contributed by atoms with Gasteiger partial charge in [0.05, 0.1) is 26.1 Å². The van der Waals surface area contributed by atoms with Gasteiger partial charge < -0.3 is 9.47 Å². The van der Waals surface area contributed by atoms with Crippen LogP contribution in [0.3, 0.4) is 0 Å². The first-order valence-corrected chi connectivity index (χ1v) is 14.8. The molecular formula is C32H54O4. The lowest BCUT2D eigenvalue weighted by molar-refractivity contribution is -0.232. The molecule has 0 radical (unpaired) electrons. The first kappa shape index (κ1) is 28.0. The van der Waals surface area contributed by atoms with E-state index in [0.717, 1.165) is 42.9 Å². The molecule has 4 rings (SSSR count). The topological polar surface area (TPSA) is 52.6 Å². The van der Waals surface area contributed by atoms with Gasteiger partial charge in [0.2, 0.25) is 0 Å². The summed E-state index contributed by atoms with van der Waals surface area (Å²) in [4.78, 5) is 25.9. The highest BCUT2D eigenvalue weighted by Crippen LogP contribution is 2.76. The van der Waals surface area contributed by atoms with Crippen LogP contribution in [0.1, 0.15) is 113 Å². The van der Waals surface area contributed by atoms with E-state index in [2.05, 4.69) is 41.5 Å². The number of hydrogen-bond donors (Lipinski definition) is 0. The van der Waals surface area contributed by atoms with Crippen LogP contribution in [0.15, 0.2) is 0 Å². The molecule has 0 N–H and O–H groups in total. The normalized spacial score (nSPS) is 46.5. The van der Waals surface area contributed by atoms with E-state index in [4.69, 9.17) is 9.47 Å². The molecule has 0 aromatic heterocycles. The number of methoxy groups -OCH3 is 2. The lowest BCUT2D eigenvalue weighted by atomic mass is 9.33. The van der Waals surface area contributed by atoms with E-state index in [1.165, 1.54) is 46.3 Å². The molecule has 0 spiro atoms. The van der Waals surface area contributed by atoms with Crippen LogP contribution in [0.5, 0.6) is 0 Å². The Morgan fingerprint density at radius 1 is 0.861 bits per heavy atom. The van der Waals surface area contributed by atoms with Crippen molar-refractivity contribution in [1.82, 2.24) is 0 Å². The van der Waals surface area contributed by atoms with E-state index in [1.807, 2.05) is 13.8 Å². The van der Waals surface area contributed by atoms with Gasteiger partial charge in [-0.15, -0.1) is 0 Å². The molecule has 4 nitrogen and oxygen atoms in total. The zero-order valence-electron chi connectivity index (χ0n) is 25.0. The third kappa shape index (κ3) is 3.73. The monoisotopic (exact) mass is 502 g/mol. The Labute approximate surface area is 221 Å².